The second kappa shape index (κ2) is 9.90. The van der Waals surface area contributed by atoms with Crippen molar-refractivity contribution in [2.75, 3.05) is 44.2 Å². The highest BCUT2D eigenvalue weighted by molar-refractivity contribution is 5.93. The number of likely N-dealkylation sites (tertiary alicyclic amines) is 1. The number of pyridine rings is 1. The van der Waals surface area contributed by atoms with Crippen molar-refractivity contribution in [1.29, 1.82) is 0 Å². The van der Waals surface area contributed by atoms with Gasteiger partial charge in [0.1, 0.15) is 11.4 Å². The first-order chi connectivity index (χ1) is 17.0. The van der Waals surface area contributed by atoms with Gasteiger partial charge in [0.15, 0.2) is 0 Å². The monoisotopic (exact) mass is 472 g/mol. The van der Waals surface area contributed by atoms with Crippen molar-refractivity contribution in [3.8, 4) is 11.4 Å². The average molecular weight is 473 g/mol. The average Bonchev–Trinajstić information content (AvgIpc) is 3.41. The summed E-state index contributed by atoms with van der Waals surface area (Å²) in [4.78, 5) is 36.7. The summed E-state index contributed by atoms with van der Waals surface area (Å²) in [6.45, 7) is 8.66. The number of hydrogen-bond donors (Lipinski definition) is 1. The molecule has 35 heavy (non-hydrogen) atoms. The van der Waals surface area contributed by atoms with E-state index in [1.54, 1.807) is 12.3 Å². The number of nitrogens with one attached hydrogen (secondary N) is 1. The zero-order valence-electron chi connectivity index (χ0n) is 20.4. The molecular weight excluding hydrogens is 440 g/mol. The molecule has 1 aromatic carbocycles. The topological polar surface area (TPSA) is 85.4 Å². The van der Waals surface area contributed by atoms with Crippen molar-refractivity contribution in [3.05, 3.63) is 65.5 Å². The molecule has 2 aromatic heterocycles. The Morgan fingerprint density at radius 3 is 2.37 bits per heavy atom. The first-order valence-corrected chi connectivity index (χ1v) is 12.4. The van der Waals surface area contributed by atoms with E-state index in [1.165, 1.54) is 16.8 Å². The number of nitrogens with zero attached hydrogens (tertiary/aromatic N) is 5. The van der Waals surface area contributed by atoms with Crippen molar-refractivity contribution in [2.45, 2.75) is 26.7 Å². The van der Waals surface area contributed by atoms with Gasteiger partial charge in [-0.2, -0.15) is 5.10 Å². The number of carbonyl (C=O) groups excluding carboxylic acids is 2. The SMILES string of the molecule is Cc1cccc(N2CCN(C(=O)C3CCN(C(=O)c4cc(-c5ccccn5)n[nH]4)CC3)CC2)c1C. The summed E-state index contributed by atoms with van der Waals surface area (Å²) in [6, 6.07) is 13.8. The van der Waals surface area contributed by atoms with Crippen LogP contribution in [-0.2, 0) is 4.79 Å². The molecule has 2 amide bonds. The zero-order chi connectivity index (χ0) is 24.4. The maximum atomic E-state index is 13.2. The highest BCUT2D eigenvalue weighted by Crippen LogP contribution is 2.26. The van der Waals surface area contributed by atoms with Crippen molar-refractivity contribution >= 4 is 17.5 Å². The van der Waals surface area contributed by atoms with Gasteiger partial charge >= 0.3 is 0 Å². The minimum absolute atomic E-state index is 0.0165. The number of aromatic nitrogens is 3. The largest absolute Gasteiger partial charge is 0.368 e. The number of piperazine rings is 1. The Morgan fingerprint density at radius 2 is 1.66 bits per heavy atom. The van der Waals surface area contributed by atoms with E-state index in [-0.39, 0.29) is 17.7 Å². The van der Waals surface area contributed by atoms with Crippen LogP contribution in [0.5, 0.6) is 0 Å². The Balaban J connectivity index is 1.13. The molecule has 0 unspecified atom stereocenters. The van der Waals surface area contributed by atoms with Gasteiger partial charge in [0.25, 0.3) is 5.91 Å². The fourth-order valence-corrected chi connectivity index (χ4v) is 5.08. The molecule has 3 aromatic rings. The van der Waals surface area contributed by atoms with Gasteiger partial charge in [-0.25, -0.2) is 0 Å². The third-order valence-corrected chi connectivity index (χ3v) is 7.38. The lowest BCUT2D eigenvalue weighted by atomic mass is 9.94. The molecule has 2 aliphatic rings. The van der Waals surface area contributed by atoms with Crippen LogP contribution in [0.4, 0.5) is 5.69 Å². The van der Waals surface area contributed by atoms with Crippen molar-refractivity contribution in [1.82, 2.24) is 25.0 Å². The van der Waals surface area contributed by atoms with Crippen LogP contribution in [-0.4, -0.2) is 76.1 Å². The first kappa shape index (κ1) is 23.1. The van der Waals surface area contributed by atoms with Crippen LogP contribution in [0.25, 0.3) is 11.4 Å². The van der Waals surface area contributed by atoms with Gasteiger partial charge in [-0.05, 0) is 62.1 Å². The maximum absolute atomic E-state index is 13.2. The summed E-state index contributed by atoms with van der Waals surface area (Å²) in [5, 5.41) is 7.10. The van der Waals surface area contributed by atoms with Crippen LogP contribution >= 0.6 is 0 Å². The molecule has 182 valence electrons. The van der Waals surface area contributed by atoms with E-state index in [0.29, 0.717) is 37.3 Å². The number of amides is 2. The Hall–Kier alpha value is -3.68. The van der Waals surface area contributed by atoms with E-state index in [9.17, 15) is 9.59 Å². The summed E-state index contributed by atoms with van der Waals surface area (Å²) < 4.78 is 0. The Bertz CT molecular complexity index is 1190. The number of aryl methyl sites for hydroxylation is 1. The number of H-pyrrole nitrogens is 1. The molecule has 2 aliphatic heterocycles. The third-order valence-electron chi connectivity index (χ3n) is 7.38. The van der Waals surface area contributed by atoms with E-state index in [0.717, 1.165) is 31.9 Å². The smallest absolute Gasteiger partial charge is 0.271 e. The lowest BCUT2D eigenvalue weighted by molar-refractivity contribution is -0.137. The first-order valence-electron chi connectivity index (χ1n) is 12.4. The molecule has 0 radical (unpaired) electrons. The predicted octanol–water partition coefficient (Wildman–Crippen LogP) is 3.29. The Labute approximate surface area is 205 Å². The summed E-state index contributed by atoms with van der Waals surface area (Å²) in [5.74, 6) is 0.140. The van der Waals surface area contributed by atoms with Crippen molar-refractivity contribution < 1.29 is 9.59 Å². The number of hydrogen-bond acceptors (Lipinski definition) is 5. The van der Waals surface area contributed by atoms with E-state index in [2.05, 4.69) is 52.1 Å². The zero-order valence-corrected chi connectivity index (χ0v) is 20.4. The minimum Gasteiger partial charge on any atom is -0.368 e. The van der Waals surface area contributed by atoms with Crippen LogP contribution in [0.3, 0.4) is 0 Å². The van der Waals surface area contributed by atoms with Gasteiger partial charge in [0.2, 0.25) is 5.91 Å². The summed E-state index contributed by atoms with van der Waals surface area (Å²) in [5.41, 5.74) is 5.72. The van der Waals surface area contributed by atoms with E-state index < -0.39 is 0 Å². The molecule has 0 atom stereocenters. The van der Waals surface area contributed by atoms with Crippen LogP contribution in [0.1, 0.15) is 34.5 Å². The highest BCUT2D eigenvalue weighted by atomic mass is 16.2. The molecule has 2 fully saturated rings. The molecule has 0 aliphatic carbocycles. The van der Waals surface area contributed by atoms with Crippen molar-refractivity contribution in [3.63, 3.8) is 0 Å². The Morgan fingerprint density at radius 1 is 0.886 bits per heavy atom. The molecular formula is C27H32N6O2. The molecule has 0 saturated carbocycles. The van der Waals surface area contributed by atoms with Crippen LogP contribution in [0, 0.1) is 19.8 Å². The molecule has 0 bridgehead atoms. The molecule has 0 spiro atoms. The summed E-state index contributed by atoms with van der Waals surface area (Å²) in [6.07, 6.45) is 3.10. The van der Waals surface area contributed by atoms with Gasteiger partial charge in [-0.1, -0.05) is 18.2 Å². The fourth-order valence-electron chi connectivity index (χ4n) is 5.08. The minimum atomic E-state index is -0.0762. The van der Waals surface area contributed by atoms with Crippen molar-refractivity contribution in [2.24, 2.45) is 5.92 Å². The standard InChI is InChI=1S/C27H32N6O2/c1-19-6-5-8-25(20(19)2)31-14-16-33(17-15-31)26(34)21-9-12-32(13-10-21)27(35)24-18-23(29-30-24)22-7-3-4-11-28-22/h3-8,11,18,21H,9-10,12-17H2,1-2H3,(H,29,30). The summed E-state index contributed by atoms with van der Waals surface area (Å²) >= 11 is 0. The number of aromatic amines is 1. The number of carbonyl (C=O) groups is 2. The Kier molecular flexibility index (Phi) is 6.53. The van der Waals surface area contributed by atoms with E-state index in [4.69, 9.17) is 0 Å². The van der Waals surface area contributed by atoms with E-state index >= 15 is 0 Å². The van der Waals surface area contributed by atoms with Gasteiger partial charge in [-0.3, -0.25) is 19.7 Å². The number of rotatable bonds is 4. The van der Waals surface area contributed by atoms with Crippen LogP contribution in [0.2, 0.25) is 0 Å². The normalized spacial score (nSPS) is 17.0. The lowest BCUT2D eigenvalue weighted by Crippen LogP contribution is -2.52. The third kappa shape index (κ3) is 4.78. The number of anilines is 1. The second-order valence-corrected chi connectivity index (χ2v) is 9.48. The van der Waals surface area contributed by atoms with Crippen LogP contribution < -0.4 is 4.90 Å². The molecule has 8 heteroatoms. The fraction of sp³-hybridized carbons (Fsp3) is 0.407. The number of piperidine rings is 1. The molecule has 5 rings (SSSR count). The lowest BCUT2D eigenvalue weighted by Gasteiger charge is -2.39. The quantitative estimate of drug-likeness (QED) is 0.630. The van der Waals surface area contributed by atoms with Gasteiger partial charge < -0.3 is 14.7 Å². The predicted molar refractivity (Wildman–Crippen MR) is 135 cm³/mol. The molecule has 1 N–H and O–H groups in total. The number of benzene rings is 1. The van der Waals surface area contributed by atoms with Gasteiger partial charge in [0, 0.05) is 57.1 Å². The second-order valence-electron chi connectivity index (χ2n) is 9.48. The molecule has 4 heterocycles. The van der Waals surface area contributed by atoms with Gasteiger partial charge in [-0.15, -0.1) is 0 Å². The summed E-state index contributed by atoms with van der Waals surface area (Å²) in [7, 11) is 0. The maximum Gasteiger partial charge on any atom is 0.271 e. The molecule has 2 saturated heterocycles. The van der Waals surface area contributed by atoms with Gasteiger partial charge in [0.05, 0.1) is 5.69 Å². The van der Waals surface area contributed by atoms with Crippen LogP contribution in [0.15, 0.2) is 48.7 Å². The van der Waals surface area contributed by atoms with E-state index in [1.807, 2.05) is 28.0 Å². The highest BCUT2D eigenvalue weighted by Gasteiger charge is 2.32. The molecule has 8 nitrogen and oxygen atoms in total.